The molecule has 0 saturated carbocycles. The van der Waals surface area contributed by atoms with Crippen molar-refractivity contribution < 1.29 is 19.1 Å². The number of halogens is 3. The van der Waals surface area contributed by atoms with Gasteiger partial charge in [0.15, 0.2) is 6.10 Å². The van der Waals surface area contributed by atoms with E-state index < -0.39 is 18.0 Å². The second-order valence-electron chi connectivity index (χ2n) is 6.88. The highest BCUT2D eigenvalue weighted by Crippen LogP contribution is 2.28. The van der Waals surface area contributed by atoms with Gasteiger partial charge in [-0.15, -0.1) is 0 Å². The minimum atomic E-state index is -1.12. The molecule has 3 rings (SSSR count). The lowest BCUT2D eigenvalue weighted by molar-refractivity contribution is -0.123. The number of nitrogens with one attached hydrogen (secondary N) is 1. The van der Waals surface area contributed by atoms with Gasteiger partial charge in [-0.05, 0) is 43.7 Å². The number of carbonyl (C=O) groups is 2. The largest absolute Gasteiger partial charge is 0.495 e. The molecule has 1 unspecified atom stereocenters. The predicted molar refractivity (Wildman–Crippen MR) is 124 cm³/mol. The number of hydrogen-bond donors (Lipinski definition) is 1. The molecule has 0 spiro atoms. The van der Waals surface area contributed by atoms with E-state index in [2.05, 4.69) is 10.4 Å². The summed E-state index contributed by atoms with van der Waals surface area (Å²) in [6.45, 7) is 3.35. The number of amides is 1. The van der Waals surface area contributed by atoms with Crippen molar-refractivity contribution in [3.8, 4) is 5.75 Å². The molecule has 3 aromatic rings. The predicted octanol–water partition coefficient (Wildman–Crippen LogP) is 5.39. The van der Waals surface area contributed by atoms with E-state index in [4.69, 9.17) is 44.3 Å². The van der Waals surface area contributed by atoms with Crippen LogP contribution in [0.1, 0.15) is 28.5 Å². The van der Waals surface area contributed by atoms with Crippen LogP contribution in [0.4, 0.5) is 5.69 Å². The zero-order chi connectivity index (χ0) is 23.4. The minimum Gasteiger partial charge on any atom is -0.495 e. The number of anilines is 1. The van der Waals surface area contributed by atoms with E-state index in [0.717, 1.165) is 5.56 Å². The van der Waals surface area contributed by atoms with Gasteiger partial charge in [-0.3, -0.25) is 4.79 Å². The number of aryl methyl sites for hydroxylation is 1. The van der Waals surface area contributed by atoms with Crippen molar-refractivity contribution in [2.45, 2.75) is 26.5 Å². The van der Waals surface area contributed by atoms with Crippen molar-refractivity contribution in [2.75, 3.05) is 12.4 Å². The van der Waals surface area contributed by atoms with Crippen LogP contribution in [0.15, 0.2) is 42.5 Å². The molecule has 0 aliphatic heterocycles. The molecule has 1 heterocycles. The molecule has 1 atom stereocenters. The molecule has 0 fully saturated rings. The summed E-state index contributed by atoms with van der Waals surface area (Å²) in [6, 6.07) is 12.0. The number of hydrogen-bond acceptors (Lipinski definition) is 5. The fourth-order valence-electron chi connectivity index (χ4n) is 2.96. The second kappa shape index (κ2) is 10.3. The molecule has 1 N–H and O–H groups in total. The number of carbonyl (C=O) groups excluding carboxylic acids is 2. The summed E-state index contributed by atoms with van der Waals surface area (Å²) < 4.78 is 12.0. The van der Waals surface area contributed by atoms with Crippen molar-refractivity contribution >= 4 is 52.4 Å². The average Bonchev–Trinajstić information content (AvgIpc) is 3.02. The first-order valence-electron chi connectivity index (χ1n) is 9.53. The van der Waals surface area contributed by atoms with Gasteiger partial charge in [0.25, 0.3) is 5.91 Å². The van der Waals surface area contributed by atoms with Gasteiger partial charge in [-0.2, -0.15) is 5.10 Å². The third kappa shape index (κ3) is 5.35. The lowest BCUT2D eigenvalue weighted by atomic mass is 10.2. The number of benzene rings is 2. The molecule has 2 aromatic carbocycles. The van der Waals surface area contributed by atoms with Gasteiger partial charge >= 0.3 is 5.97 Å². The summed E-state index contributed by atoms with van der Waals surface area (Å²) in [4.78, 5) is 25.3. The van der Waals surface area contributed by atoms with Crippen LogP contribution in [0.2, 0.25) is 15.2 Å². The monoisotopic (exact) mass is 495 g/mol. The molecule has 0 saturated heterocycles. The van der Waals surface area contributed by atoms with E-state index in [0.29, 0.717) is 27.2 Å². The number of nitrogens with zero attached hydrogens (tertiary/aromatic N) is 2. The first kappa shape index (κ1) is 23.9. The smallest absolute Gasteiger partial charge is 0.343 e. The highest BCUT2D eigenvalue weighted by molar-refractivity contribution is 6.33. The topological polar surface area (TPSA) is 82.4 Å². The Bertz CT molecular complexity index is 1160. The zero-order valence-electron chi connectivity index (χ0n) is 17.5. The third-order valence-electron chi connectivity index (χ3n) is 4.62. The summed E-state index contributed by atoms with van der Waals surface area (Å²) in [7, 11) is 1.47. The van der Waals surface area contributed by atoms with E-state index in [1.54, 1.807) is 25.1 Å². The Kier molecular flexibility index (Phi) is 7.66. The molecule has 7 nitrogen and oxygen atoms in total. The van der Waals surface area contributed by atoms with E-state index in [1.807, 2.05) is 18.2 Å². The number of methoxy groups -OCH3 is 1. The molecular weight excluding hydrogens is 477 g/mol. The Balaban J connectivity index is 1.73. The van der Waals surface area contributed by atoms with Crippen LogP contribution in [-0.2, 0) is 16.1 Å². The van der Waals surface area contributed by atoms with E-state index >= 15 is 0 Å². The maximum atomic E-state index is 12.8. The number of esters is 1. The summed E-state index contributed by atoms with van der Waals surface area (Å²) in [6.07, 6.45) is -1.12. The van der Waals surface area contributed by atoms with E-state index in [9.17, 15) is 9.59 Å². The highest BCUT2D eigenvalue weighted by atomic mass is 35.5. The SMILES string of the molecule is COc1ccc(Cl)cc1NC(=O)C(C)OC(=O)c1c(C)nn(Cc2ccccc2Cl)c1Cl. The Morgan fingerprint density at radius 2 is 1.88 bits per heavy atom. The van der Waals surface area contributed by atoms with E-state index in [-0.39, 0.29) is 17.3 Å². The summed E-state index contributed by atoms with van der Waals surface area (Å²) in [5.41, 5.74) is 1.60. The Morgan fingerprint density at radius 1 is 1.16 bits per heavy atom. The summed E-state index contributed by atoms with van der Waals surface area (Å²) in [5.74, 6) is -0.907. The van der Waals surface area contributed by atoms with Gasteiger partial charge in [0.2, 0.25) is 0 Å². The zero-order valence-corrected chi connectivity index (χ0v) is 19.8. The lowest BCUT2D eigenvalue weighted by Gasteiger charge is -2.15. The Labute approximate surface area is 200 Å². The number of aromatic nitrogens is 2. The molecule has 0 radical (unpaired) electrons. The third-order valence-corrected chi connectivity index (χ3v) is 5.61. The van der Waals surface area contributed by atoms with Gasteiger partial charge in [0.1, 0.15) is 16.5 Å². The van der Waals surface area contributed by atoms with Crippen molar-refractivity contribution in [3.05, 3.63) is 74.5 Å². The molecular formula is C22H20Cl3N3O4. The first-order chi connectivity index (χ1) is 15.2. The van der Waals surface area contributed by atoms with Crippen molar-refractivity contribution in [2.24, 2.45) is 0 Å². The van der Waals surface area contributed by atoms with Crippen molar-refractivity contribution in [3.63, 3.8) is 0 Å². The number of rotatable bonds is 7. The summed E-state index contributed by atoms with van der Waals surface area (Å²) in [5, 5.41) is 8.02. The standard InChI is InChI=1S/C22H20Cl3N3O4/c1-12-19(20(25)28(27-12)11-14-6-4-5-7-16(14)24)22(30)32-13(2)21(29)26-17-10-15(23)8-9-18(17)31-3/h4-10,13H,11H2,1-3H3,(H,26,29). The van der Waals surface area contributed by atoms with Crippen LogP contribution in [0.25, 0.3) is 0 Å². The molecule has 0 bridgehead atoms. The van der Waals surface area contributed by atoms with Crippen LogP contribution in [-0.4, -0.2) is 34.9 Å². The van der Waals surface area contributed by atoms with Crippen LogP contribution < -0.4 is 10.1 Å². The van der Waals surface area contributed by atoms with Gasteiger partial charge in [-0.25, -0.2) is 9.48 Å². The summed E-state index contributed by atoms with van der Waals surface area (Å²) >= 11 is 18.6. The highest BCUT2D eigenvalue weighted by Gasteiger charge is 2.26. The maximum absolute atomic E-state index is 12.8. The van der Waals surface area contributed by atoms with Gasteiger partial charge in [0.05, 0.1) is 25.0 Å². The first-order valence-corrected chi connectivity index (χ1v) is 10.7. The van der Waals surface area contributed by atoms with Crippen molar-refractivity contribution in [1.29, 1.82) is 0 Å². The fourth-order valence-corrected chi connectivity index (χ4v) is 3.64. The van der Waals surface area contributed by atoms with Crippen LogP contribution in [0.3, 0.4) is 0 Å². The molecule has 1 amide bonds. The lowest BCUT2D eigenvalue weighted by Crippen LogP contribution is -2.30. The molecule has 0 aliphatic carbocycles. The van der Waals surface area contributed by atoms with Gasteiger partial charge in [0, 0.05) is 10.0 Å². The normalized spacial score (nSPS) is 11.7. The quantitative estimate of drug-likeness (QED) is 0.443. The molecule has 0 aliphatic rings. The van der Waals surface area contributed by atoms with Crippen LogP contribution in [0, 0.1) is 6.92 Å². The van der Waals surface area contributed by atoms with Gasteiger partial charge < -0.3 is 14.8 Å². The molecule has 1 aromatic heterocycles. The molecule has 32 heavy (non-hydrogen) atoms. The van der Waals surface area contributed by atoms with Crippen LogP contribution in [0.5, 0.6) is 5.75 Å². The minimum absolute atomic E-state index is 0.0821. The van der Waals surface area contributed by atoms with Crippen LogP contribution >= 0.6 is 34.8 Å². The number of ether oxygens (including phenoxy) is 2. The maximum Gasteiger partial charge on any atom is 0.343 e. The molecule has 10 heteroatoms. The fraction of sp³-hybridized carbons (Fsp3) is 0.227. The second-order valence-corrected chi connectivity index (χ2v) is 8.08. The van der Waals surface area contributed by atoms with E-state index in [1.165, 1.54) is 24.8 Å². The van der Waals surface area contributed by atoms with Gasteiger partial charge in [-0.1, -0.05) is 53.0 Å². The average molecular weight is 497 g/mol. The Hall–Kier alpha value is -2.74. The van der Waals surface area contributed by atoms with Crippen molar-refractivity contribution in [1.82, 2.24) is 9.78 Å². The molecule has 168 valence electrons. The Morgan fingerprint density at radius 3 is 2.56 bits per heavy atom.